The Morgan fingerprint density at radius 3 is 1.16 bits per heavy atom. The minimum Gasteiger partial charge on any atom is -0.0651 e. The van der Waals surface area contributed by atoms with E-state index in [0.717, 1.165) is 53.3 Å². The molecule has 0 amide bonds. The molecule has 0 aliphatic carbocycles. The van der Waals surface area contributed by atoms with Gasteiger partial charge < -0.3 is 0 Å². The molecule has 0 aromatic carbocycles. The summed E-state index contributed by atoms with van der Waals surface area (Å²) in [7, 11) is 0. The highest BCUT2D eigenvalue weighted by Gasteiger charge is 2.48. The van der Waals surface area contributed by atoms with Crippen LogP contribution in [0.1, 0.15) is 124 Å². The molecule has 0 heteroatoms. The molecule has 0 bridgehead atoms. The first-order valence-electron chi connectivity index (χ1n) is 13.9. The van der Waals surface area contributed by atoms with Crippen LogP contribution in [-0.2, 0) is 0 Å². The van der Waals surface area contributed by atoms with Crippen molar-refractivity contribution < 1.29 is 0 Å². The van der Waals surface area contributed by atoms with Gasteiger partial charge in [-0.1, -0.05) is 124 Å². The zero-order valence-corrected chi connectivity index (χ0v) is 25.1. The van der Waals surface area contributed by atoms with Crippen molar-refractivity contribution in [2.45, 2.75) is 124 Å². The van der Waals surface area contributed by atoms with E-state index >= 15 is 0 Å². The quantitative estimate of drug-likeness (QED) is 0.269. The van der Waals surface area contributed by atoms with Crippen molar-refractivity contribution in [3.63, 3.8) is 0 Å². The van der Waals surface area contributed by atoms with E-state index in [1.807, 2.05) is 0 Å². The molecule has 188 valence electrons. The summed E-state index contributed by atoms with van der Waals surface area (Å²) in [6.45, 7) is 42.6. The van der Waals surface area contributed by atoms with Gasteiger partial charge in [0.15, 0.2) is 0 Å². The van der Waals surface area contributed by atoms with Crippen molar-refractivity contribution >= 4 is 0 Å². The second-order valence-corrected chi connectivity index (χ2v) is 14.0. The highest BCUT2D eigenvalue weighted by atomic mass is 14.5. The molecule has 0 aromatic rings. The van der Waals surface area contributed by atoms with Gasteiger partial charge in [0.25, 0.3) is 0 Å². The molecular weight excluding hydrogens is 372 g/mol. The molecule has 31 heavy (non-hydrogen) atoms. The molecule has 7 atom stereocenters. The van der Waals surface area contributed by atoms with E-state index in [4.69, 9.17) is 0 Å². The highest BCUT2D eigenvalue weighted by molar-refractivity contribution is 4.97. The predicted molar refractivity (Wildman–Crippen MR) is 144 cm³/mol. The third-order valence-electron chi connectivity index (χ3n) is 10.5. The zero-order valence-electron chi connectivity index (χ0n) is 25.1. The Morgan fingerprint density at radius 1 is 0.452 bits per heavy atom. The Balaban J connectivity index is 6.29. The normalized spacial score (nSPS) is 20.8. The van der Waals surface area contributed by atoms with E-state index in [-0.39, 0.29) is 0 Å². The van der Waals surface area contributed by atoms with E-state index in [1.165, 1.54) is 6.42 Å². The summed E-state index contributed by atoms with van der Waals surface area (Å²) in [4.78, 5) is 0. The van der Waals surface area contributed by atoms with Gasteiger partial charge in [-0.15, -0.1) is 0 Å². The van der Waals surface area contributed by atoms with Gasteiger partial charge in [-0.25, -0.2) is 0 Å². The summed E-state index contributed by atoms with van der Waals surface area (Å²) in [5.74, 6) is 8.09. The lowest BCUT2D eigenvalue weighted by Gasteiger charge is -2.54. The van der Waals surface area contributed by atoms with Crippen LogP contribution in [-0.4, -0.2) is 0 Å². The zero-order chi connectivity index (χ0) is 25.1. The van der Waals surface area contributed by atoms with Crippen LogP contribution in [0.15, 0.2) is 0 Å². The highest BCUT2D eigenvalue weighted by Crippen LogP contribution is 2.55. The van der Waals surface area contributed by atoms with E-state index < -0.39 is 0 Å². The summed E-state index contributed by atoms with van der Waals surface area (Å²) in [5.41, 5.74) is 0.684. The lowest BCUT2D eigenvalue weighted by atomic mass is 9.51. The van der Waals surface area contributed by atoms with Crippen LogP contribution in [0.2, 0.25) is 0 Å². The van der Waals surface area contributed by atoms with Crippen LogP contribution in [0, 0.1) is 75.9 Å². The van der Waals surface area contributed by atoms with Gasteiger partial charge in [0.2, 0.25) is 0 Å². The summed E-state index contributed by atoms with van der Waals surface area (Å²) in [5, 5.41) is 0. The minimum atomic E-state index is 0.328. The van der Waals surface area contributed by atoms with E-state index in [0.29, 0.717) is 22.7 Å². The van der Waals surface area contributed by atoms with Crippen molar-refractivity contribution in [3.8, 4) is 0 Å². The maximum absolute atomic E-state index is 2.63. The van der Waals surface area contributed by atoms with Gasteiger partial charge in [-0.2, -0.15) is 0 Å². The van der Waals surface area contributed by atoms with Crippen LogP contribution in [0.4, 0.5) is 0 Å². The molecule has 0 radical (unpaired) electrons. The van der Waals surface area contributed by atoms with Crippen molar-refractivity contribution in [2.24, 2.45) is 75.9 Å². The summed E-state index contributed by atoms with van der Waals surface area (Å²) in [6.07, 6.45) is 1.30. The summed E-state index contributed by atoms with van der Waals surface area (Å²) >= 11 is 0. The van der Waals surface area contributed by atoms with Crippen LogP contribution >= 0.6 is 0 Å². The lowest BCUT2D eigenvalue weighted by Crippen LogP contribution is -2.48. The molecule has 0 N–H and O–H groups in total. The Morgan fingerprint density at radius 2 is 0.871 bits per heavy atom. The fourth-order valence-electron chi connectivity index (χ4n) is 7.96. The summed E-state index contributed by atoms with van der Waals surface area (Å²) < 4.78 is 0. The predicted octanol–water partition coefficient (Wildman–Crippen LogP) is 10.5. The smallest absolute Gasteiger partial charge is 0.0287 e. The SMILES string of the molecule is CCC(C(C)C(C)C(C)(C)C(C)C(C)C)C(C(C)C)C(C)(C)C(C(C)C)C(C)C(C)C. The summed E-state index contributed by atoms with van der Waals surface area (Å²) in [6, 6.07) is 0. The monoisotopic (exact) mass is 437 g/mol. The molecule has 0 aliphatic heterocycles. The van der Waals surface area contributed by atoms with Crippen molar-refractivity contribution in [1.29, 1.82) is 0 Å². The fraction of sp³-hybridized carbons (Fsp3) is 1.00. The second kappa shape index (κ2) is 11.9. The van der Waals surface area contributed by atoms with Crippen molar-refractivity contribution in [3.05, 3.63) is 0 Å². The third-order valence-corrected chi connectivity index (χ3v) is 10.5. The average molecular weight is 437 g/mol. The molecule has 0 nitrogen and oxygen atoms in total. The molecule has 0 saturated carbocycles. The Hall–Kier alpha value is 0. The van der Waals surface area contributed by atoms with Crippen LogP contribution in [0.25, 0.3) is 0 Å². The molecule has 7 unspecified atom stereocenters. The first-order valence-corrected chi connectivity index (χ1v) is 13.9. The van der Waals surface area contributed by atoms with Gasteiger partial charge in [-0.3, -0.25) is 0 Å². The van der Waals surface area contributed by atoms with Crippen molar-refractivity contribution in [2.75, 3.05) is 0 Å². The largest absolute Gasteiger partial charge is 0.0651 e. The van der Waals surface area contributed by atoms with E-state index in [1.54, 1.807) is 0 Å². The lowest BCUT2D eigenvalue weighted by molar-refractivity contribution is -0.0589. The van der Waals surface area contributed by atoms with Gasteiger partial charge in [0.1, 0.15) is 0 Å². The topological polar surface area (TPSA) is 0 Å². The van der Waals surface area contributed by atoms with Crippen LogP contribution < -0.4 is 0 Å². The average Bonchev–Trinajstić information content (AvgIpc) is 2.62. The Labute approximate surface area is 200 Å². The molecule has 0 spiro atoms. The minimum absolute atomic E-state index is 0.328. The van der Waals surface area contributed by atoms with Crippen LogP contribution in [0.5, 0.6) is 0 Å². The number of hydrogen-bond donors (Lipinski definition) is 0. The van der Waals surface area contributed by atoms with Crippen LogP contribution in [0.3, 0.4) is 0 Å². The number of hydrogen-bond acceptors (Lipinski definition) is 0. The van der Waals surface area contributed by atoms with Crippen molar-refractivity contribution in [1.82, 2.24) is 0 Å². The number of rotatable bonds is 13. The van der Waals surface area contributed by atoms with Gasteiger partial charge in [0, 0.05) is 0 Å². The van der Waals surface area contributed by atoms with Gasteiger partial charge >= 0.3 is 0 Å². The molecule has 0 heterocycles. The maximum atomic E-state index is 2.63. The first kappa shape index (κ1) is 31.0. The molecule has 0 rings (SSSR count). The molecular formula is C31H64. The molecule has 0 fully saturated rings. The van der Waals surface area contributed by atoms with Gasteiger partial charge in [-0.05, 0) is 75.9 Å². The Kier molecular flexibility index (Phi) is 11.9. The standard InChI is InChI=1S/C31H64/c1-18-27(24(11)26(13)30(14,15)25(12)20(4)5)29(22(8)9)31(16,17)28(21(6)7)23(10)19(2)3/h19-29H,18H2,1-17H3. The fourth-order valence-corrected chi connectivity index (χ4v) is 7.96. The molecule has 0 aromatic heterocycles. The Bertz CT molecular complexity index is 492. The van der Waals surface area contributed by atoms with Gasteiger partial charge in [0.05, 0.1) is 0 Å². The maximum Gasteiger partial charge on any atom is -0.0287 e. The third kappa shape index (κ3) is 6.99. The molecule has 0 saturated heterocycles. The molecule has 0 aliphatic rings. The first-order chi connectivity index (χ1) is 13.9. The second-order valence-electron chi connectivity index (χ2n) is 14.0. The van der Waals surface area contributed by atoms with E-state index in [2.05, 4.69) is 118 Å². The van der Waals surface area contributed by atoms with E-state index in [9.17, 15) is 0 Å².